The Morgan fingerprint density at radius 3 is 2.14 bits per heavy atom. The summed E-state index contributed by atoms with van der Waals surface area (Å²) in [5.74, 6) is 0.955. The van der Waals surface area contributed by atoms with Gasteiger partial charge in [-0.05, 0) is 55.8 Å². The molecule has 0 aromatic heterocycles. The number of carbonyl (C=O) groups excluding carboxylic acids is 1. The van der Waals surface area contributed by atoms with Crippen molar-refractivity contribution >= 4 is 15.9 Å². The Hall–Kier alpha value is -2.58. The monoisotopic (exact) mass is 420 g/mol. The topological polar surface area (TPSA) is 84.9 Å². The molecule has 0 saturated heterocycles. The fourth-order valence-electron chi connectivity index (χ4n) is 2.81. The van der Waals surface area contributed by atoms with E-state index in [4.69, 9.17) is 9.47 Å². The minimum atomic E-state index is -3.79. The van der Waals surface area contributed by atoms with Crippen LogP contribution in [0.5, 0.6) is 11.5 Å². The predicted molar refractivity (Wildman–Crippen MR) is 112 cm³/mol. The summed E-state index contributed by atoms with van der Waals surface area (Å²) in [4.78, 5) is 12.6. The van der Waals surface area contributed by atoms with Gasteiger partial charge in [0.25, 0.3) is 0 Å². The van der Waals surface area contributed by atoms with Crippen molar-refractivity contribution in [3.8, 4) is 11.5 Å². The number of rotatable bonds is 10. The smallest absolute Gasteiger partial charge is 0.243 e. The molecule has 2 rings (SSSR count). The molecule has 0 radical (unpaired) electrons. The maximum absolute atomic E-state index is 12.9. The van der Waals surface area contributed by atoms with E-state index in [1.807, 2.05) is 38.1 Å². The number of ether oxygens (including phenoxy) is 2. The highest BCUT2D eigenvalue weighted by Gasteiger charge is 2.25. The van der Waals surface area contributed by atoms with Crippen molar-refractivity contribution in [2.75, 3.05) is 26.8 Å². The normalized spacial score (nSPS) is 12.4. The molecule has 1 atom stereocenters. The molecule has 1 N–H and O–H groups in total. The maximum atomic E-state index is 12.9. The third-order valence-corrected chi connectivity index (χ3v) is 6.37. The summed E-state index contributed by atoms with van der Waals surface area (Å²) in [5, 5.41) is 2.84. The quantitative estimate of drug-likeness (QED) is 0.639. The maximum Gasteiger partial charge on any atom is 0.243 e. The largest absolute Gasteiger partial charge is 0.497 e. The van der Waals surface area contributed by atoms with E-state index in [0.29, 0.717) is 12.4 Å². The number of methoxy groups -OCH3 is 1. The molecule has 7 nitrogen and oxygen atoms in total. The molecule has 2 aromatic rings. The summed E-state index contributed by atoms with van der Waals surface area (Å²) in [6.07, 6.45) is 0. The predicted octanol–water partition coefficient (Wildman–Crippen LogP) is 2.98. The molecule has 0 bridgehead atoms. The van der Waals surface area contributed by atoms with Gasteiger partial charge in [0.05, 0.1) is 31.2 Å². The van der Waals surface area contributed by atoms with Crippen LogP contribution in [-0.4, -0.2) is 45.4 Å². The molecule has 0 aliphatic heterocycles. The molecule has 0 saturated carbocycles. The summed E-state index contributed by atoms with van der Waals surface area (Å²) < 4.78 is 37.4. The lowest BCUT2D eigenvalue weighted by atomic mass is 10.1. The molecule has 1 unspecified atom stereocenters. The molecule has 0 fully saturated rings. The van der Waals surface area contributed by atoms with E-state index in [2.05, 4.69) is 5.32 Å². The van der Waals surface area contributed by atoms with Crippen LogP contribution in [0.15, 0.2) is 53.4 Å². The average molecular weight is 421 g/mol. The van der Waals surface area contributed by atoms with Crippen molar-refractivity contribution < 1.29 is 22.7 Å². The second-order valence-corrected chi connectivity index (χ2v) is 8.34. The highest BCUT2D eigenvalue weighted by molar-refractivity contribution is 7.89. The summed E-state index contributed by atoms with van der Waals surface area (Å²) >= 11 is 0. The van der Waals surface area contributed by atoms with Gasteiger partial charge in [0.2, 0.25) is 15.9 Å². The van der Waals surface area contributed by atoms with Gasteiger partial charge in [-0.3, -0.25) is 4.79 Å². The zero-order chi connectivity index (χ0) is 21.4. The zero-order valence-electron chi connectivity index (χ0n) is 17.2. The highest BCUT2D eigenvalue weighted by atomic mass is 32.2. The van der Waals surface area contributed by atoms with Crippen LogP contribution in [0.2, 0.25) is 0 Å². The first-order valence-electron chi connectivity index (χ1n) is 9.48. The number of sulfonamides is 1. The van der Waals surface area contributed by atoms with Crippen LogP contribution in [0.3, 0.4) is 0 Å². The number of hydrogen-bond acceptors (Lipinski definition) is 5. The number of nitrogens with zero attached hydrogens (tertiary/aromatic N) is 1. The molecule has 0 spiro atoms. The van der Waals surface area contributed by atoms with Gasteiger partial charge in [-0.15, -0.1) is 0 Å². The average Bonchev–Trinajstić information content (AvgIpc) is 2.72. The lowest BCUT2D eigenvalue weighted by Gasteiger charge is -2.22. The van der Waals surface area contributed by atoms with Gasteiger partial charge in [-0.1, -0.05) is 19.1 Å². The van der Waals surface area contributed by atoms with Crippen LogP contribution >= 0.6 is 0 Å². The molecule has 0 heterocycles. The van der Waals surface area contributed by atoms with Gasteiger partial charge >= 0.3 is 0 Å². The van der Waals surface area contributed by atoms with E-state index in [0.717, 1.165) is 15.6 Å². The molecule has 1 amide bonds. The number of benzene rings is 2. The van der Waals surface area contributed by atoms with E-state index in [9.17, 15) is 13.2 Å². The van der Waals surface area contributed by atoms with E-state index in [1.165, 1.54) is 12.1 Å². The summed E-state index contributed by atoms with van der Waals surface area (Å²) in [7, 11) is -2.20. The Morgan fingerprint density at radius 2 is 1.62 bits per heavy atom. The number of nitrogens with one attached hydrogen (secondary N) is 1. The van der Waals surface area contributed by atoms with Crippen LogP contribution in [0.4, 0.5) is 0 Å². The van der Waals surface area contributed by atoms with Gasteiger partial charge in [0.1, 0.15) is 11.5 Å². The Balaban J connectivity index is 2.05. The molecule has 2 aromatic carbocycles. The van der Waals surface area contributed by atoms with E-state index < -0.39 is 10.0 Å². The number of hydrogen-bond donors (Lipinski definition) is 1. The van der Waals surface area contributed by atoms with Gasteiger partial charge in [-0.25, -0.2) is 8.42 Å². The second-order valence-electron chi connectivity index (χ2n) is 6.40. The lowest BCUT2D eigenvalue weighted by molar-refractivity contribution is -0.121. The minimum Gasteiger partial charge on any atom is -0.497 e. The Labute approximate surface area is 172 Å². The van der Waals surface area contributed by atoms with Crippen molar-refractivity contribution in [2.45, 2.75) is 31.7 Å². The fourth-order valence-corrected chi connectivity index (χ4v) is 4.22. The first-order valence-corrected chi connectivity index (χ1v) is 10.9. The van der Waals surface area contributed by atoms with E-state index >= 15 is 0 Å². The third-order valence-electron chi connectivity index (χ3n) is 4.44. The van der Waals surface area contributed by atoms with Crippen LogP contribution in [0.25, 0.3) is 0 Å². The number of likely N-dealkylation sites (N-methyl/N-ethyl adjacent to an activating group) is 1. The van der Waals surface area contributed by atoms with Crippen molar-refractivity contribution in [2.24, 2.45) is 0 Å². The Kier molecular flexibility index (Phi) is 8.04. The van der Waals surface area contributed by atoms with Gasteiger partial charge in [-0.2, -0.15) is 4.31 Å². The van der Waals surface area contributed by atoms with Crippen LogP contribution in [-0.2, 0) is 14.8 Å². The summed E-state index contributed by atoms with van der Waals surface area (Å²) in [6, 6.07) is 13.3. The molecule has 0 aliphatic rings. The highest BCUT2D eigenvalue weighted by Crippen LogP contribution is 2.20. The second kappa shape index (κ2) is 10.3. The summed E-state index contributed by atoms with van der Waals surface area (Å²) in [5.41, 5.74) is 0.900. The van der Waals surface area contributed by atoms with Crippen LogP contribution in [0.1, 0.15) is 32.4 Å². The van der Waals surface area contributed by atoms with Crippen molar-refractivity contribution in [3.05, 3.63) is 54.1 Å². The fraction of sp³-hybridized carbons (Fsp3) is 0.381. The zero-order valence-corrected chi connectivity index (χ0v) is 18.0. The molecular formula is C21H28N2O5S. The molecule has 8 heteroatoms. The van der Waals surface area contributed by atoms with Gasteiger partial charge in [0.15, 0.2) is 0 Å². The Morgan fingerprint density at radius 1 is 1.03 bits per heavy atom. The lowest BCUT2D eigenvalue weighted by Crippen LogP contribution is -2.41. The van der Waals surface area contributed by atoms with E-state index in [1.54, 1.807) is 26.2 Å². The summed E-state index contributed by atoms with van der Waals surface area (Å²) in [6.45, 7) is 5.82. The number of amides is 1. The molecular weight excluding hydrogens is 392 g/mol. The first-order chi connectivity index (χ1) is 13.8. The molecule has 158 valence electrons. The molecule has 29 heavy (non-hydrogen) atoms. The third kappa shape index (κ3) is 5.95. The van der Waals surface area contributed by atoms with Crippen molar-refractivity contribution in [1.29, 1.82) is 0 Å². The van der Waals surface area contributed by atoms with Crippen molar-refractivity contribution in [1.82, 2.24) is 9.62 Å². The molecule has 0 aliphatic carbocycles. The van der Waals surface area contributed by atoms with Gasteiger partial charge in [0, 0.05) is 6.54 Å². The van der Waals surface area contributed by atoms with Crippen molar-refractivity contribution in [3.63, 3.8) is 0 Å². The minimum absolute atomic E-state index is 0.124. The van der Waals surface area contributed by atoms with Gasteiger partial charge < -0.3 is 14.8 Å². The SMILES string of the molecule is CCOc1ccc(S(=O)(=O)N(CC)CC(=O)NC(C)c2ccc(OC)cc2)cc1. The first kappa shape index (κ1) is 22.7. The van der Waals surface area contributed by atoms with E-state index in [-0.39, 0.29) is 29.9 Å². The van der Waals surface area contributed by atoms with Crippen LogP contribution < -0.4 is 14.8 Å². The Bertz CT molecular complexity index is 896. The number of carbonyl (C=O) groups is 1. The standard InChI is InChI=1S/C21H28N2O5S/c1-5-23(29(25,26)20-13-11-19(12-14-20)28-6-2)15-21(24)22-16(3)17-7-9-18(27-4)10-8-17/h7-14,16H,5-6,15H2,1-4H3,(H,22,24). The van der Waals surface area contributed by atoms with Crippen LogP contribution in [0, 0.1) is 0 Å².